The summed E-state index contributed by atoms with van der Waals surface area (Å²) >= 11 is 6.12. The van der Waals surface area contributed by atoms with E-state index in [0.717, 1.165) is 11.1 Å². The fourth-order valence-electron chi connectivity index (χ4n) is 3.07. The minimum Gasteiger partial charge on any atom is -0.495 e. The number of aryl methyl sites for hydroxylation is 1. The van der Waals surface area contributed by atoms with Crippen molar-refractivity contribution in [3.8, 4) is 5.75 Å². The number of hydrogen-bond acceptors (Lipinski definition) is 3. The summed E-state index contributed by atoms with van der Waals surface area (Å²) < 4.78 is 18.3. The third-order valence-corrected chi connectivity index (χ3v) is 5.03. The van der Waals surface area contributed by atoms with E-state index in [9.17, 15) is 14.0 Å². The van der Waals surface area contributed by atoms with Crippen molar-refractivity contribution in [2.45, 2.75) is 19.9 Å². The molecule has 0 spiro atoms. The minimum atomic E-state index is -0.460. The molecule has 0 saturated carbocycles. The molecule has 7 heteroatoms. The van der Waals surface area contributed by atoms with E-state index in [2.05, 4.69) is 5.32 Å². The van der Waals surface area contributed by atoms with Crippen LogP contribution in [0.25, 0.3) is 0 Å². The molecule has 0 radical (unpaired) electrons. The Balaban J connectivity index is 1.69. The van der Waals surface area contributed by atoms with Gasteiger partial charge in [-0.15, -0.1) is 0 Å². The summed E-state index contributed by atoms with van der Waals surface area (Å²) in [5.74, 6) is -0.643. The molecule has 5 nitrogen and oxygen atoms in total. The fraction of sp³-hybridized carbons (Fsp3) is 0.300. The Labute approximate surface area is 162 Å². The Morgan fingerprint density at radius 2 is 2.04 bits per heavy atom. The number of amides is 2. The lowest BCUT2D eigenvalue weighted by Gasteiger charge is -2.20. The van der Waals surface area contributed by atoms with E-state index in [4.69, 9.17) is 16.3 Å². The van der Waals surface area contributed by atoms with Crippen molar-refractivity contribution in [1.82, 2.24) is 5.32 Å². The molecule has 2 aromatic rings. The quantitative estimate of drug-likeness (QED) is 0.850. The summed E-state index contributed by atoms with van der Waals surface area (Å²) in [6, 6.07) is 9.38. The maximum absolute atomic E-state index is 12.9. The molecule has 1 atom stereocenters. The second-order valence-corrected chi connectivity index (χ2v) is 6.93. The van der Waals surface area contributed by atoms with Crippen LogP contribution in [-0.2, 0) is 16.1 Å². The van der Waals surface area contributed by atoms with Gasteiger partial charge in [-0.25, -0.2) is 4.39 Å². The topological polar surface area (TPSA) is 58.6 Å². The molecule has 1 aliphatic heterocycles. The fourth-order valence-corrected chi connectivity index (χ4v) is 3.23. The lowest BCUT2D eigenvalue weighted by atomic mass is 10.1. The zero-order valence-corrected chi connectivity index (χ0v) is 15.8. The zero-order valence-electron chi connectivity index (χ0n) is 15.1. The number of hydrogen-bond donors (Lipinski definition) is 1. The highest BCUT2D eigenvalue weighted by molar-refractivity contribution is 6.31. The molecule has 1 unspecified atom stereocenters. The third-order valence-electron chi connectivity index (χ3n) is 4.63. The van der Waals surface area contributed by atoms with Gasteiger partial charge in [-0.3, -0.25) is 9.59 Å². The Morgan fingerprint density at radius 1 is 1.33 bits per heavy atom. The molecule has 0 aliphatic carbocycles. The monoisotopic (exact) mass is 390 g/mol. The van der Waals surface area contributed by atoms with Crippen molar-refractivity contribution in [3.63, 3.8) is 0 Å². The smallest absolute Gasteiger partial charge is 0.227 e. The van der Waals surface area contributed by atoms with Crippen molar-refractivity contribution in [2.75, 3.05) is 18.6 Å². The standard InChI is InChI=1S/C20H20ClFN2O3/c1-12-7-17(18(27-2)9-16(12)21)24-11-14(8-19(24)25)20(26)23-10-13-3-5-15(22)6-4-13/h3-7,9,14H,8,10-11H2,1-2H3,(H,23,26). The number of methoxy groups -OCH3 is 1. The normalized spacial score (nSPS) is 16.5. The van der Waals surface area contributed by atoms with Crippen molar-refractivity contribution in [1.29, 1.82) is 0 Å². The van der Waals surface area contributed by atoms with Gasteiger partial charge in [-0.05, 0) is 36.2 Å². The van der Waals surface area contributed by atoms with Crippen molar-refractivity contribution in [2.24, 2.45) is 5.92 Å². The van der Waals surface area contributed by atoms with Gasteiger partial charge in [0.25, 0.3) is 0 Å². The predicted molar refractivity (Wildman–Crippen MR) is 101 cm³/mol. The number of nitrogens with zero attached hydrogens (tertiary/aromatic N) is 1. The van der Waals surface area contributed by atoms with Gasteiger partial charge < -0.3 is 15.0 Å². The number of rotatable bonds is 5. The average molecular weight is 391 g/mol. The summed E-state index contributed by atoms with van der Waals surface area (Å²) in [6.45, 7) is 2.40. The summed E-state index contributed by atoms with van der Waals surface area (Å²) in [5, 5.41) is 3.36. The van der Waals surface area contributed by atoms with Gasteiger partial charge in [0.1, 0.15) is 11.6 Å². The van der Waals surface area contributed by atoms with Crippen LogP contribution in [0.5, 0.6) is 5.75 Å². The van der Waals surface area contributed by atoms with Crippen LogP contribution in [0, 0.1) is 18.7 Å². The molecule has 0 bridgehead atoms. The van der Waals surface area contributed by atoms with Gasteiger partial charge in [0.05, 0.1) is 18.7 Å². The van der Waals surface area contributed by atoms with E-state index in [-0.39, 0.29) is 37.1 Å². The molecule has 1 heterocycles. The molecule has 0 aromatic heterocycles. The van der Waals surface area contributed by atoms with E-state index < -0.39 is 5.92 Å². The van der Waals surface area contributed by atoms with Crippen LogP contribution in [-0.4, -0.2) is 25.5 Å². The first-order valence-electron chi connectivity index (χ1n) is 8.55. The number of halogens is 2. The molecule has 1 fully saturated rings. The number of carbonyl (C=O) groups is 2. The Kier molecular flexibility index (Phi) is 5.65. The number of ether oxygens (including phenoxy) is 1. The first-order chi connectivity index (χ1) is 12.9. The van der Waals surface area contributed by atoms with Gasteiger partial charge in [-0.1, -0.05) is 23.7 Å². The van der Waals surface area contributed by atoms with Gasteiger partial charge in [0.15, 0.2) is 0 Å². The minimum absolute atomic E-state index is 0.125. The van der Waals surface area contributed by atoms with Gasteiger partial charge in [0.2, 0.25) is 11.8 Å². The molecule has 27 heavy (non-hydrogen) atoms. The van der Waals surface area contributed by atoms with Gasteiger partial charge in [-0.2, -0.15) is 0 Å². The second kappa shape index (κ2) is 7.96. The summed E-state index contributed by atoms with van der Waals surface area (Å²) in [5.41, 5.74) is 2.23. The number of carbonyl (C=O) groups excluding carboxylic acids is 2. The highest BCUT2D eigenvalue weighted by Crippen LogP contribution is 2.36. The summed E-state index contributed by atoms with van der Waals surface area (Å²) in [7, 11) is 1.51. The van der Waals surface area contributed by atoms with Crippen LogP contribution in [0.2, 0.25) is 5.02 Å². The number of benzene rings is 2. The first kappa shape index (κ1) is 19.2. The number of nitrogens with one attached hydrogen (secondary N) is 1. The molecule has 2 amide bonds. The Morgan fingerprint density at radius 3 is 2.70 bits per heavy atom. The van der Waals surface area contributed by atoms with Gasteiger partial charge in [0, 0.05) is 30.6 Å². The molecule has 3 rings (SSSR count). The first-order valence-corrected chi connectivity index (χ1v) is 8.93. The van der Waals surface area contributed by atoms with E-state index in [1.54, 1.807) is 29.2 Å². The van der Waals surface area contributed by atoms with E-state index in [1.165, 1.54) is 19.2 Å². The van der Waals surface area contributed by atoms with Crippen molar-refractivity contribution < 1.29 is 18.7 Å². The lowest BCUT2D eigenvalue weighted by molar-refractivity contribution is -0.126. The second-order valence-electron chi connectivity index (χ2n) is 6.52. The molecular weight excluding hydrogens is 371 g/mol. The van der Waals surface area contributed by atoms with Crippen LogP contribution in [0.1, 0.15) is 17.5 Å². The SMILES string of the molecule is COc1cc(Cl)c(C)cc1N1CC(C(=O)NCc2ccc(F)cc2)CC1=O. The van der Waals surface area contributed by atoms with Crippen LogP contribution in [0.15, 0.2) is 36.4 Å². The van der Waals surface area contributed by atoms with E-state index in [1.807, 2.05) is 6.92 Å². The van der Waals surface area contributed by atoms with Crippen LogP contribution in [0.3, 0.4) is 0 Å². The van der Waals surface area contributed by atoms with Crippen LogP contribution >= 0.6 is 11.6 Å². The molecule has 1 aliphatic rings. The van der Waals surface area contributed by atoms with E-state index >= 15 is 0 Å². The van der Waals surface area contributed by atoms with E-state index in [0.29, 0.717) is 16.5 Å². The summed E-state index contributed by atoms with van der Waals surface area (Å²) in [6.07, 6.45) is 0.125. The Bertz CT molecular complexity index is 870. The number of anilines is 1. The molecule has 1 N–H and O–H groups in total. The maximum atomic E-state index is 12.9. The van der Waals surface area contributed by atoms with Crippen LogP contribution in [0.4, 0.5) is 10.1 Å². The zero-order chi connectivity index (χ0) is 19.6. The maximum Gasteiger partial charge on any atom is 0.227 e. The predicted octanol–water partition coefficient (Wildman–Crippen LogP) is 3.47. The highest BCUT2D eigenvalue weighted by atomic mass is 35.5. The van der Waals surface area contributed by atoms with Crippen LogP contribution < -0.4 is 15.0 Å². The van der Waals surface area contributed by atoms with Crippen molar-refractivity contribution >= 4 is 29.1 Å². The highest BCUT2D eigenvalue weighted by Gasteiger charge is 2.36. The molecule has 2 aromatic carbocycles. The molecule has 142 valence electrons. The Hall–Kier alpha value is -2.60. The third kappa shape index (κ3) is 4.22. The lowest BCUT2D eigenvalue weighted by Crippen LogP contribution is -2.32. The summed E-state index contributed by atoms with van der Waals surface area (Å²) in [4.78, 5) is 26.5. The molecule has 1 saturated heterocycles. The average Bonchev–Trinajstić information content (AvgIpc) is 3.04. The van der Waals surface area contributed by atoms with Gasteiger partial charge >= 0.3 is 0 Å². The molecular formula is C20H20ClFN2O3. The largest absolute Gasteiger partial charge is 0.495 e. The van der Waals surface area contributed by atoms with Crippen molar-refractivity contribution in [3.05, 3.63) is 58.4 Å².